The van der Waals surface area contributed by atoms with E-state index >= 15 is 0 Å². The van der Waals surface area contributed by atoms with Gasteiger partial charge < -0.3 is 20.5 Å². The molecule has 0 spiro atoms. The first-order chi connectivity index (χ1) is 9.52. The summed E-state index contributed by atoms with van der Waals surface area (Å²) >= 11 is 1.81. The van der Waals surface area contributed by atoms with Crippen LogP contribution in [-0.2, 0) is 14.3 Å². The van der Waals surface area contributed by atoms with Gasteiger partial charge in [0.05, 0.1) is 7.11 Å². The van der Waals surface area contributed by atoms with Crippen LogP contribution < -0.4 is 10.6 Å². The van der Waals surface area contributed by atoms with E-state index in [1.165, 1.54) is 7.11 Å². The van der Waals surface area contributed by atoms with Gasteiger partial charge in [-0.15, -0.1) is 0 Å². The van der Waals surface area contributed by atoms with E-state index in [-0.39, 0.29) is 12.8 Å². The number of ether oxygens (including phenoxy) is 1. The number of esters is 1. The van der Waals surface area contributed by atoms with Crippen molar-refractivity contribution in [3.8, 4) is 0 Å². The number of rotatable bonds is 7. The summed E-state index contributed by atoms with van der Waals surface area (Å²) in [4.78, 5) is 33.6. The Balaban J connectivity index is 2.30. The number of thioether (sulfide) groups is 1. The molecule has 1 heterocycles. The lowest BCUT2D eigenvalue weighted by atomic mass is 10.1. The Labute approximate surface area is 121 Å². The predicted octanol–water partition coefficient (Wildman–Crippen LogP) is 0.588. The molecule has 2 atom stereocenters. The highest BCUT2D eigenvalue weighted by Gasteiger charge is 2.22. The molecule has 0 radical (unpaired) electrons. The van der Waals surface area contributed by atoms with E-state index in [0.717, 1.165) is 18.6 Å². The van der Waals surface area contributed by atoms with Gasteiger partial charge >= 0.3 is 18.0 Å². The smallest absolute Gasteiger partial charge is 0.326 e. The number of carbonyl (C=O) groups excluding carboxylic acids is 2. The highest BCUT2D eigenvalue weighted by atomic mass is 32.2. The van der Waals surface area contributed by atoms with Gasteiger partial charge in [0, 0.05) is 18.2 Å². The fourth-order valence-electron chi connectivity index (χ4n) is 1.84. The van der Waals surface area contributed by atoms with Gasteiger partial charge in [-0.25, -0.2) is 9.59 Å². The summed E-state index contributed by atoms with van der Waals surface area (Å²) in [5, 5.41) is 14.4. The third-order valence-corrected chi connectivity index (χ3v) is 4.38. The lowest BCUT2D eigenvalue weighted by molar-refractivity contribution is -0.142. The van der Waals surface area contributed by atoms with Crippen molar-refractivity contribution < 1.29 is 24.2 Å². The number of nitrogens with one attached hydrogen (secondary N) is 2. The SMILES string of the molecule is COC(=O)CC[C@@H](NC(=O)NCC1CCCS1)C(=O)O. The summed E-state index contributed by atoms with van der Waals surface area (Å²) in [6.07, 6.45) is 2.17. The van der Waals surface area contributed by atoms with Crippen LogP contribution in [0.2, 0.25) is 0 Å². The Morgan fingerprint density at radius 3 is 2.75 bits per heavy atom. The van der Waals surface area contributed by atoms with Gasteiger partial charge in [0.25, 0.3) is 0 Å². The first-order valence-corrected chi connectivity index (χ1v) is 7.53. The fourth-order valence-corrected chi connectivity index (χ4v) is 3.04. The van der Waals surface area contributed by atoms with E-state index in [1.807, 2.05) is 0 Å². The molecule has 1 rings (SSSR count). The third kappa shape index (κ3) is 6.14. The number of aliphatic carboxylic acids is 1. The topological polar surface area (TPSA) is 105 Å². The van der Waals surface area contributed by atoms with Crippen molar-refractivity contribution in [3.05, 3.63) is 0 Å². The monoisotopic (exact) mass is 304 g/mol. The molecule has 2 amide bonds. The molecule has 0 aromatic carbocycles. The molecule has 1 fully saturated rings. The summed E-state index contributed by atoms with van der Waals surface area (Å²) in [6.45, 7) is 0.528. The molecule has 3 N–H and O–H groups in total. The van der Waals surface area contributed by atoms with Gasteiger partial charge in [-0.1, -0.05) is 0 Å². The van der Waals surface area contributed by atoms with Gasteiger partial charge in [0.15, 0.2) is 0 Å². The molecule has 114 valence electrons. The third-order valence-electron chi connectivity index (χ3n) is 2.98. The van der Waals surface area contributed by atoms with Crippen molar-refractivity contribution in [2.75, 3.05) is 19.4 Å². The number of carbonyl (C=O) groups is 3. The Morgan fingerprint density at radius 1 is 1.45 bits per heavy atom. The fraction of sp³-hybridized carbons (Fsp3) is 0.750. The minimum Gasteiger partial charge on any atom is -0.480 e. The molecule has 0 aliphatic carbocycles. The van der Waals surface area contributed by atoms with Crippen molar-refractivity contribution in [1.82, 2.24) is 10.6 Å². The summed E-state index contributed by atoms with van der Waals surface area (Å²) in [6, 6.07) is -1.61. The number of carboxylic acid groups (broad SMARTS) is 1. The number of urea groups is 1. The molecule has 1 unspecified atom stereocenters. The van der Waals surface area contributed by atoms with E-state index in [0.29, 0.717) is 11.8 Å². The van der Waals surface area contributed by atoms with Crippen molar-refractivity contribution >= 4 is 29.7 Å². The zero-order valence-corrected chi connectivity index (χ0v) is 12.2. The highest BCUT2D eigenvalue weighted by Crippen LogP contribution is 2.25. The quantitative estimate of drug-likeness (QED) is 0.595. The van der Waals surface area contributed by atoms with Gasteiger partial charge in [-0.05, 0) is 25.0 Å². The maximum atomic E-state index is 11.6. The molecule has 0 bridgehead atoms. The molecule has 1 aliphatic rings. The van der Waals surface area contributed by atoms with Crippen LogP contribution in [0.5, 0.6) is 0 Å². The van der Waals surface area contributed by atoms with Gasteiger partial charge in [0.1, 0.15) is 6.04 Å². The van der Waals surface area contributed by atoms with Crippen LogP contribution in [0.15, 0.2) is 0 Å². The van der Waals surface area contributed by atoms with Crippen LogP contribution in [0.3, 0.4) is 0 Å². The van der Waals surface area contributed by atoms with Crippen LogP contribution in [0.1, 0.15) is 25.7 Å². The van der Waals surface area contributed by atoms with E-state index in [4.69, 9.17) is 5.11 Å². The van der Waals surface area contributed by atoms with Crippen LogP contribution >= 0.6 is 11.8 Å². The molecular weight excluding hydrogens is 284 g/mol. The zero-order valence-electron chi connectivity index (χ0n) is 11.4. The second-order valence-electron chi connectivity index (χ2n) is 4.50. The van der Waals surface area contributed by atoms with Crippen molar-refractivity contribution in [2.45, 2.75) is 37.0 Å². The molecule has 1 saturated heterocycles. The molecule has 8 heteroatoms. The molecule has 0 saturated carbocycles. The maximum absolute atomic E-state index is 11.6. The van der Waals surface area contributed by atoms with E-state index in [1.54, 1.807) is 11.8 Å². The molecule has 20 heavy (non-hydrogen) atoms. The second kappa shape index (κ2) is 8.68. The standard InChI is InChI=1S/C12H20N2O5S/c1-19-10(15)5-4-9(11(16)17)14-12(18)13-7-8-3-2-6-20-8/h8-9H,2-7H2,1H3,(H,16,17)(H2,13,14,18)/t8?,9-/m1/s1. The number of methoxy groups -OCH3 is 1. The Bertz CT molecular complexity index is 358. The Hall–Kier alpha value is -1.44. The van der Waals surface area contributed by atoms with Crippen LogP contribution in [-0.4, -0.2) is 53.8 Å². The minimum absolute atomic E-state index is 0.00754. The lowest BCUT2D eigenvalue weighted by Gasteiger charge is -2.16. The average molecular weight is 304 g/mol. The summed E-state index contributed by atoms with van der Waals surface area (Å²) < 4.78 is 4.44. The minimum atomic E-state index is -1.17. The first-order valence-electron chi connectivity index (χ1n) is 6.48. The number of hydrogen-bond acceptors (Lipinski definition) is 5. The summed E-state index contributed by atoms with van der Waals surface area (Å²) in [5.74, 6) is -0.565. The van der Waals surface area contributed by atoms with Gasteiger partial charge in [-0.2, -0.15) is 11.8 Å². The molecule has 0 aromatic rings. The Kier molecular flexibility index (Phi) is 7.21. The zero-order chi connectivity index (χ0) is 15.0. The van der Waals surface area contributed by atoms with Crippen molar-refractivity contribution in [3.63, 3.8) is 0 Å². The number of carboxylic acids is 1. The first kappa shape index (κ1) is 16.6. The summed E-state index contributed by atoms with van der Waals surface area (Å²) in [7, 11) is 1.23. The van der Waals surface area contributed by atoms with E-state index in [9.17, 15) is 14.4 Å². The van der Waals surface area contributed by atoms with Crippen LogP contribution in [0, 0.1) is 0 Å². The largest absolute Gasteiger partial charge is 0.480 e. The molecular formula is C12H20N2O5S. The van der Waals surface area contributed by atoms with Gasteiger partial charge in [-0.3, -0.25) is 4.79 Å². The van der Waals surface area contributed by atoms with E-state index in [2.05, 4.69) is 15.4 Å². The predicted molar refractivity (Wildman–Crippen MR) is 74.7 cm³/mol. The molecule has 0 aromatic heterocycles. The average Bonchev–Trinajstić information content (AvgIpc) is 2.93. The van der Waals surface area contributed by atoms with Crippen molar-refractivity contribution in [2.24, 2.45) is 0 Å². The number of amides is 2. The Morgan fingerprint density at radius 2 is 2.20 bits per heavy atom. The summed E-state index contributed by atoms with van der Waals surface area (Å²) in [5.41, 5.74) is 0. The van der Waals surface area contributed by atoms with Gasteiger partial charge in [0.2, 0.25) is 0 Å². The number of hydrogen-bond donors (Lipinski definition) is 3. The highest BCUT2D eigenvalue weighted by molar-refractivity contribution is 8.00. The van der Waals surface area contributed by atoms with Crippen molar-refractivity contribution in [1.29, 1.82) is 0 Å². The van der Waals surface area contributed by atoms with E-state index < -0.39 is 24.0 Å². The van der Waals surface area contributed by atoms with Crippen LogP contribution in [0.4, 0.5) is 4.79 Å². The maximum Gasteiger partial charge on any atom is 0.326 e. The van der Waals surface area contributed by atoms with Crippen LogP contribution in [0.25, 0.3) is 0 Å². The molecule has 1 aliphatic heterocycles. The second-order valence-corrected chi connectivity index (χ2v) is 5.90. The lowest BCUT2D eigenvalue weighted by Crippen LogP contribution is -2.47. The normalized spacial score (nSPS) is 19.1. The molecule has 7 nitrogen and oxygen atoms in total.